The summed E-state index contributed by atoms with van der Waals surface area (Å²) in [5.41, 5.74) is 8.38. The molecule has 4 aromatic rings. The van der Waals surface area contributed by atoms with E-state index in [2.05, 4.69) is 32.9 Å². The third-order valence-electron chi connectivity index (χ3n) is 5.00. The minimum atomic E-state index is -0.357. The molecule has 2 N–H and O–H groups in total. The molecule has 160 valence electrons. The molecule has 3 aromatic carbocycles. The summed E-state index contributed by atoms with van der Waals surface area (Å²) in [7, 11) is 0. The Morgan fingerprint density at radius 2 is 1.66 bits per heavy atom. The van der Waals surface area contributed by atoms with Crippen molar-refractivity contribution in [3.05, 3.63) is 96.2 Å². The number of hydrogen-bond acceptors (Lipinski definition) is 4. The van der Waals surface area contributed by atoms with Crippen LogP contribution in [0.4, 0.5) is 0 Å². The highest BCUT2D eigenvalue weighted by atomic mass is 16.5. The molecule has 0 atom stereocenters. The number of H-pyrrole nitrogens is 1. The molecule has 1 amide bonds. The summed E-state index contributed by atoms with van der Waals surface area (Å²) < 4.78 is 5.53. The number of nitrogens with one attached hydrogen (secondary N) is 2. The lowest BCUT2D eigenvalue weighted by Crippen LogP contribution is -2.19. The molecule has 1 heterocycles. The molecule has 0 aliphatic heterocycles. The Labute approximate surface area is 187 Å². The van der Waals surface area contributed by atoms with Crippen molar-refractivity contribution in [1.29, 1.82) is 0 Å². The van der Waals surface area contributed by atoms with Crippen LogP contribution in [0.25, 0.3) is 22.4 Å². The number of carbonyl (C=O) groups is 1. The van der Waals surface area contributed by atoms with E-state index < -0.39 is 0 Å². The number of aromatic amines is 1. The molecule has 0 saturated carbocycles. The molecule has 0 spiro atoms. The largest absolute Gasteiger partial charge is 0.494 e. The number of rotatable bonds is 7. The maximum atomic E-state index is 12.5. The van der Waals surface area contributed by atoms with Gasteiger partial charge in [-0.25, -0.2) is 5.43 Å². The average molecular weight is 425 g/mol. The smallest absolute Gasteiger partial charge is 0.289 e. The molecule has 4 rings (SSSR count). The van der Waals surface area contributed by atoms with Crippen LogP contribution in [0.15, 0.2) is 90.0 Å². The number of amides is 1. The van der Waals surface area contributed by atoms with Crippen LogP contribution in [0.1, 0.15) is 29.9 Å². The minimum absolute atomic E-state index is 0.331. The van der Waals surface area contributed by atoms with Crippen LogP contribution in [-0.4, -0.2) is 28.4 Å². The number of ether oxygens (including phenoxy) is 1. The van der Waals surface area contributed by atoms with Crippen LogP contribution >= 0.6 is 0 Å². The van der Waals surface area contributed by atoms with Gasteiger partial charge in [0, 0.05) is 5.56 Å². The second-order valence-corrected chi connectivity index (χ2v) is 7.21. The number of carbonyl (C=O) groups excluding carboxylic acids is 1. The fourth-order valence-electron chi connectivity index (χ4n) is 3.29. The van der Waals surface area contributed by atoms with Crippen molar-refractivity contribution in [2.24, 2.45) is 5.10 Å². The van der Waals surface area contributed by atoms with E-state index in [0.29, 0.717) is 23.7 Å². The first kappa shape index (κ1) is 21.1. The molecule has 0 radical (unpaired) electrons. The Kier molecular flexibility index (Phi) is 6.41. The standard InChI is InChI=1S/C26H24N4O2/c1-3-32-23-11-7-10-22(16-23)24-17-25(29-28-24)26(31)30-27-18(2)19-12-14-21(15-13-19)20-8-5-4-6-9-20/h4-17H,3H2,1-2H3,(H,28,29)(H,30,31)/b27-18-. The molecule has 32 heavy (non-hydrogen) atoms. The van der Waals surface area contributed by atoms with Gasteiger partial charge in [0.25, 0.3) is 5.91 Å². The van der Waals surface area contributed by atoms with E-state index in [1.54, 1.807) is 6.07 Å². The Hall–Kier alpha value is -4.19. The first-order chi connectivity index (χ1) is 15.6. The maximum absolute atomic E-state index is 12.5. The monoisotopic (exact) mass is 424 g/mol. The van der Waals surface area contributed by atoms with Crippen molar-refractivity contribution in [3.63, 3.8) is 0 Å². The summed E-state index contributed by atoms with van der Waals surface area (Å²) >= 11 is 0. The van der Waals surface area contributed by atoms with Crippen LogP contribution in [0.3, 0.4) is 0 Å². The zero-order chi connectivity index (χ0) is 22.3. The summed E-state index contributed by atoms with van der Waals surface area (Å²) in [6, 6.07) is 27.5. The summed E-state index contributed by atoms with van der Waals surface area (Å²) in [6.07, 6.45) is 0. The van der Waals surface area contributed by atoms with Gasteiger partial charge in [-0.15, -0.1) is 0 Å². The zero-order valence-corrected chi connectivity index (χ0v) is 18.0. The van der Waals surface area contributed by atoms with E-state index in [1.807, 2.05) is 80.6 Å². The lowest BCUT2D eigenvalue weighted by molar-refractivity contribution is 0.0950. The normalized spacial score (nSPS) is 11.2. The molecule has 0 aliphatic carbocycles. The summed E-state index contributed by atoms with van der Waals surface area (Å²) in [5.74, 6) is 0.405. The Balaban J connectivity index is 1.42. The van der Waals surface area contributed by atoms with Gasteiger partial charge in [-0.2, -0.15) is 10.2 Å². The van der Waals surface area contributed by atoms with Crippen LogP contribution in [0.5, 0.6) is 5.75 Å². The molecule has 6 nitrogen and oxygen atoms in total. The van der Waals surface area contributed by atoms with Crippen molar-refractivity contribution in [2.45, 2.75) is 13.8 Å². The van der Waals surface area contributed by atoms with Crippen molar-refractivity contribution in [3.8, 4) is 28.1 Å². The predicted molar refractivity (Wildman–Crippen MR) is 127 cm³/mol. The number of aromatic nitrogens is 2. The number of benzene rings is 3. The van der Waals surface area contributed by atoms with Crippen LogP contribution < -0.4 is 10.2 Å². The third-order valence-corrected chi connectivity index (χ3v) is 5.00. The van der Waals surface area contributed by atoms with Gasteiger partial charge in [-0.3, -0.25) is 9.89 Å². The minimum Gasteiger partial charge on any atom is -0.494 e. The van der Waals surface area contributed by atoms with E-state index in [9.17, 15) is 4.79 Å². The van der Waals surface area contributed by atoms with Gasteiger partial charge in [0.2, 0.25) is 0 Å². The van der Waals surface area contributed by atoms with Gasteiger partial charge in [0.05, 0.1) is 18.0 Å². The summed E-state index contributed by atoms with van der Waals surface area (Å²) in [4.78, 5) is 12.5. The fourth-order valence-corrected chi connectivity index (χ4v) is 3.29. The van der Waals surface area contributed by atoms with Crippen molar-refractivity contribution in [2.75, 3.05) is 6.61 Å². The molecule has 0 saturated heterocycles. The molecule has 1 aromatic heterocycles. The number of nitrogens with zero attached hydrogens (tertiary/aromatic N) is 2. The van der Waals surface area contributed by atoms with Gasteiger partial charge < -0.3 is 4.74 Å². The Morgan fingerprint density at radius 1 is 0.938 bits per heavy atom. The molecule has 0 unspecified atom stereocenters. The number of hydrazone groups is 1. The average Bonchev–Trinajstić information content (AvgIpc) is 3.34. The quantitative estimate of drug-likeness (QED) is 0.312. The molecular formula is C26H24N4O2. The van der Waals surface area contributed by atoms with Gasteiger partial charge in [-0.05, 0) is 48.7 Å². The van der Waals surface area contributed by atoms with E-state index in [1.165, 1.54) is 0 Å². The van der Waals surface area contributed by atoms with E-state index in [4.69, 9.17) is 4.74 Å². The zero-order valence-electron chi connectivity index (χ0n) is 18.0. The topological polar surface area (TPSA) is 79.4 Å². The number of hydrogen-bond donors (Lipinski definition) is 2. The predicted octanol–water partition coefficient (Wildman–Crippen LogP) is 5.30. The van der Waals surface area contributed by atoms with Gasteiger partial charge in [0.15, 0.2) is 0 Å². The second kappa shape index (κ2) is 9.75. The van der Waals surface area contributed by atoms with Crippen LogP contribution in [0.2, 0.25) is 0 Å². The van der Waals surface area contributed by atoms with Crippen molar-refractivity contribution in [1.82, 2.24) is 15.6 Å². The fraction of sp³-hybridized carbons (Fsp3) is 0.115. The van der Waals surface area contributed by atoms with Gasteiger partial charge in [-0.1, -0.05) is 66.7 Å². The van der Waals surface area contributed by atoms with E-state index >= 15 is 0 Å². The molecule has 0 fully saturated rings. The summed E-state index contributed by atoms with van der Waals surface area (Å²) in [5, 5.41) is 11.3. The van der Waals surface area contributed by atoms with Crippen LogP contribution in [-0.2, 0) is 0 Å². The van der Waals surface area contributed by atoms with E-state index in [0.717, 1.165) is 28.0 Å². The third kappa shape index (κ3) is 4.92. The lowest BCUT2D eigenvalue weighted by atomic mass is 10.0. The summed E-state index contributed by atoms with van der Waals surface area (Å²) in [6.45, 7) is 4.38. The SMILES string of the molecule is CCOc1cccc(-c2cc(C(=O)N/N=C(/C)c3ccc(-c4ccccc4)cc3)[nH]n2)c1. The second-order valence-electron chi connectivity index (χ2n) is 7.21. The molecular weight excluding hydrogens is 400 g/mol. The van der Waals surface area contributed by atoms with Crippen molar-refractivity contribution < 1.29 is 9.53 Å². The van der Waals surface area contributed by atoms with Crippen LogP contribution in [0, 0.1) is 0 Å². The highest BCUT2D eigenvalue weighted by molar-refractivity contribution is 6.01. The first-order valence-corrected chi connectivity index (χ1v) is 10.4. The molecule has 6 heteroatoms. The van der Waals surface area contributed by atoms with Gasteiger partial charge in [0.1, 0.15) is 11.4 Å². The Bertz CT molecular complexity index is 1230. The Morgan fingerprint density at radius 3 is 2.41 bits per heavy atom. The first-order valence-electron chi connectivity index (χ1n) is 10.4. The maximum Gasteiger partial charge on any atom is 0.289 e. The molecule has 0 aliphatic rings. The highest BCUT2D eigenvalue weighted by Gasteiger charge is 2.11. The van der Waals surface area contributed by atoms with E-state index in [-0.39, 0.29) is 5.91 Å². The lowest BCUT2D eigenvalue weighted by Gasteiger charge is -2.05. The van der Waals surface area contributed by atoms with Gasteiger partial charge >= 0.3 is 0 Å². The highest BCUT2D eigenvalue weighted by Crippen LogP contribution is 2.23. The van der Waals surface area contributed by atoms with Crippen molar-refractivity contribution >= 4 is 11.6 Å². The molecule has 0 bridgehead atoms.